The van der Waals surface area contributed by atoms with E-state index in [1.165, 1.54) is 12.3 Å². The van der Waals surface area contributed by atoms with Gasteiger partial charge in [-0.05, 0) is 30.3 Å². The van der Waals surface area contributed by atoms with Gasteiger partial charge in [0.1, 0.15) is 11.2 Å². The van der Waals surface area contributed by atoms with Crippen LogP contribution in [0.15, 0.2) is 45.8 Å². The van der Waals surface area contributed by atoms with Gasteiger partial charge < -0.3 is 4.42 Å². The Morgan fingerprint density at radius 1 is 1.23 bits per heavy atom. The molecule has 0 aliphatic heterocycles. The molecule has 0 spiro atoms. The molecule has 1 aromatic carbocycles. The molecule has 114 valence electrons. The van der Waals surface area contributed by atoms with Crippen molar-refractivity contribution in [3.8, 4) is 11.6 Å². The van der Waals surface area contributed by atoms with Crippen molar-refractivity contribution in [3.63, 3.8) is 0 Å². The minimum absolute atomic E-state index is 0.0792. The molecule has 1 atom stereocenters. The standard InChI is InChI=1S/C13H6ClF3N2O2S/c14-8-2-1-5-18-11(8)12-19-9-6-7(3-4-10(9)21-12)22(20)13(15,16)17/h1-6H. The molecule has 3 aromatic rings. The summed E-state index contributed by atoms with van der Waals surface area (Å²) in [6.45, 7) is 0. The molecule has 0 fully saturated rings. The number of pyridine rings is 1. The minimum atomic E-state index is -4.83. The van der Waals surface area contributed by atoms with Crippen molar-refractivity contribution >= 4 is 33.5 Å². The van der Waals surface area contributed by atoms with Gasteiger partial charge in [-0.25, -0.2) is 14.2 Å². The predicted molar refractivity (Wildman–Crippen MR) is 74.7 cm³/mol. The molecule has 0 aliphatic rings. The van der Waals surface area contributed by atoms with Gasteiger partial charge in [-0.3, -0.25) is 0 Å². The zero-order valence-electron chi connectivity index (χ0n) is 10.6. The average molecular weight is 347 g/mol. The van der Waals surface area contributed by atoms with E-state index in [0.29, 0.717) is 5.02 Å². The molecule has 2 heterocycles. The molecule has 0 aliphatic carbocycles. The molecule has 3 rings (SSSR count). The van der Waals surface area contributed by atoms with Crippen LogP contribution in [0.5, 0.6) is 0 Å². The van der Waals surface area contributed by atoms with Gasteiger partial charge in [-0.2, -0.15) is 13.2 Å². The number of alkyl halides is 3. The first-order valence-electron chi connectivity index (χ1n) is 5.86. The summed E-state index contributed by atoms with van der Waals surface area (Å²) in [6.07, 6.45) is 1.49. The van der Waals surface area contributed by atoms with E-state index < -0.39 is 21.2 Å². The Morgan fingerprint density at radius 3 is 2.68 bits per heavy atom. The number of rotatable bonds is 2. The second-order valence-electron chi connectivity index (χ2n) is 4.20. The number of benzene rings is 1. The van der Waals surface area contributed by atoms with Crippen LogP contribution in [-0.4, -0.2) is 19.7 Å². The smallest absolute Gasteiger partial charge is 0.435 e. The third kappa shape index (κ3) is 2.71. The quantitative estimate of drug-likeness (QED) is 0.698. The normalized spacial score (nSPS) is 13.5. The van der Waals surface area contributed by atoms with E-state index in [2.05, 4.69) is 9.97 Å². The Bertz CT molecular complexity index is 879. The fourth-order valence-electron chi connectivity index (χ4n) is 1.80. The highest BCUT2D eigenvalue weighted by Gasteiger charge is 2.38. The number of halogens is 4. The lowest BCUT2D eigenvalue weighted by molar-refractivity contribution is -0.0384. The minimum Gasteiger partial charge on any atom is -0.435 e. The summed E-state index contributed by atoms with van der Waals surface area (Å²) >= 11 is 5.97. The number of hydrogen-bond acceptors (Lipinski definition) is 4. The molecule has 0 radical (unpaired) electrons. The highest BCUT2D eigenvalue weighted by molar-refractivity contribution is 7.86. The molecule has 0 N–H and O–H groups in total. The molecule has 1 unspecified atom stereocenters. The van der Waals surface area contributed by atoms with Crippen molar-refractivity contribution < 1.29 is 21.8 Å². The molecule has 0 saturated carbocycles. The van der Waals surface area contributed by atoms with Crippen molar-refractivity contribution in [1.82, 2.24) is 9.97 Å². The summed E-state index contributed by atoms with van der Waals surface area (Å²) in [5.74, 6) is 0.0792. The van der Waals surface area contributed by atoms with Gasteiger partial charge in [-0.15, -0.1) is 0 Å². The second-order valence-corrected chi connectivity index (χ2v) is 6.08. The summed E-state index contributed by atoms with van der Waals surface area (Å²) in [5.41, 5.74) is -4.16. The van der Waals surface area contributed by atoms with Crippen LogP contribution in [0.3, 0.4) is 0 Å². The molecular formula is C13H6ClF3N2O2S. The van der Waals surface area contributed by atoms with E-state index in [9.17, 15) is 17.4 Å². The first-order chi connectivity index (χ1) is 10.4. The lowest BCUT2D eigenvalue weighted by Crippen LogP contribution is -2.16. The topological polar surface area (TPSA) is 56.0 Å². The number of aromatic nitrogens is 2. The van der Waals surface area contributed by atoms with Crippen LogP contribution >= 0.6 is 11.6 Å². The van der Waals surface area contributed by atoms with Crippen molar-refractivity contribution in [3.05, 3.63) is 41.6 Å². The number of nitrogens with zero attached hydrogens (tertiary/aromatic N) is 2. The van der Waals surface area contributed by atoms with Crippen LogP contribution < -0.4 is 0 Å². The van der Waals surface area contributed by atoms with E-state index in [-0.39, 0.29) is 22.7 Å². The maximum absolute atomic E-state index is 12.5. The number of oxazole rings is 1. The van der Waals surface area contributed by atoms with Crippen molar-refractivity contribution in [2.75, 3.05) is 0 Å². The molecule has 0 bridgehead atoms. The summed E-state index contributed by atoms with van der Waals surface area (Å²) in [6, 6.07) is 6.65. The summed E-state index contributed by atoms with van der Waals surface area (Å²) < 4.78 is 54.2. The Balaban J connectivity index is 2.08. The third-order valence-corrected chi connectivity index (χ3v) is 4.15. The number of hydrogen-bond donors (Lipinski definition) is 0. The number of fused-ring (bicyclic) bond motifs is 1. The summed E-state index contributed by atoms with van der Waals surface area (Å²) in [7, 11) is -3.12. The molecule has 0 saturated heterocycles. The van der Waals surface area contributed by atoms with Crippen molar-refractivity contribution in [2.45, 2.75) is 10.4 Å². The highest BCUT2D eigenvalue weighted by Crippen LogP contribution is 2.31. The van der Waals surface area contributed by atoms with E-state index in [4.69, 9.17) is 16.0 Å². The molecular weight excluding hydrogens is 341 g/mol. The Labute approximate surface area is 129 Å². The zero-order valence-corrected chi connectivity index (χ0v) is 12.2. The fraction of sp³-hybridized carbons (Fsp3) is 0.0769. The summed E-state index contributed by atoms with van der Waals surface area (Å²) in [5, 5.41) is 0.299. The highest BCUT2D eigenvalue weighted by atomic mass is 35.5. The van der Waals surface area contributed by atoms with Gasteiger partial charge >= 0.3 is 5.51 Å². The largest absolute Gasteiger partial charge is 0.475 e. The molecule has 9 heteroatoms. The van der Waals surface area contributed by atoms with Crippen LogP contribution in [-0.2, 0) is 10.8 Å². The monoisotopic (exact) mass is 346 g/mol. The third-order valence-electron chi connectivity index (χ3n) is 2.74. The van der Waals surface area contributed by atoms with E-state index in [1.807, 2.05) is 0 Å². The van der Waals surface area contributed by atoms with E-state index in [0.717, 1.165) is 12.1 Å². The Morgan fingerprint density at radius 2 is 2.00 bits per heavy atom. The van der Waals surface area contributed by atoms with Gasteiger partial charge in [-0.1, -0.05) is 11.6 Å². The molecule has 4 nitrogen and oxygen atoms in total. The first kappa shape index (κ1) is 15.0. The van der Waals surface area contributed by atoms with Gasteiger partial charge in [0, 0.05) is 6.20 Å². The lowest BCUT2D eigenvalue weighted by Gasteiger charge is -2.04. The lowest BCUT2D eigenvalue weighted by atomic mass is 10.3. The fourth-order valence-corrected chi connectivity index (χ4v) is 2.68. The van der Waals surface area contributed by atoms with Crippen LogP contribution in [0.4, 0.5) is 13.2 Å². The van der Waals surface area contributed by atoms with Crippen LogP contribution in [0.25, 0.3) is 22.7 Å². The Hall–Kier alpha value is -1.93. The summed E-state index contributed by atoms with van der Waals surface area (Å²) in [4.78, 5) is 7.67. The van der Waals surface area contributed by atoms with Gasteiger partial charge in [0.15, 0.2) is 16.4 Å². The second kappa shape index (κ2) is 5.36. The molecule has 22 heavy (non-hydrogen) atoms. The van der Waals surface area contributed by atoms with E-state index in [1.54, 1.807) is 12.1 Å². The van der Waals surface area contributed by atoms with Crippen LogP contribution in [0, 0.1) is 0 Å². The van der Waals surface area contributed by atoms with Crippen molar-refractivity contribution in [2.24, 2.45) is 0 Å². The Kier molecular flexibility index (Phi) is 3.65. The van der Waals surface area contributed by atoms with E-state index >= 15 is 0 Å². The zero-order chi connectivity index (χ0) is 15.9. The maximum atomic E-state index is 12.5. The van der Waals surface area contributed by atoms with Gasteiger partial charge in [0.2, 0.25) is 5.89 Å². The van der Waals surface area contributed by atoms with Crippen molar-refractivity contribution in [1.29, 1.82) is 0 Å². The first-order valence-corrected chi connectivity index (χ1v) is 7.39. The average Bonchev–Trinajstić information content (AvgIpc) is 2.88. The maximum Gasteiger partial charge on any atom is 0.475 e. The van der Waals surface area contributed by atoms with Gasteiger partial charge in [0.25, 0.3) is 0 Å². The van der Waals surface area contributed by atoms with Gasteiger partial charge in [0.05, 0.1) is 9.92 Å². The molecule has 2 aromatic heterocycles. The van der Waals surface area contributed by atoms with Crippen LogP contribution in [0.1, 0.15) is 0 Å². The molecule has 0 amide bonds. The predicted octanol–water partition coefficient (Wildman–Crippen LogP) is 4.17. The SMILES string of the molecule is O=S(c1ccc2oc(-c3ncccc3Cl)nc2c1)C(F)(F)F. The van der Waals surface area contributed by atoms with Crippen LogP contribution in [0.2, 0.25) is 5.02 Å².